The van der Waals surface area contributed by atoms with Gasteiger partial charge in [0.05, 0.1) is 12.0 Å². The Hall–Kier alpha value is -3.72. The van der Waals surface area contributed by atoms with Crippen LogP contribution in [0.4, 0.5) is 11.5 Å². The fraction of sp³-hybridized carbons (Fsp3) is 0.136. The lowest BCUT2D eigenvalue weighted by Gasteiger charge is -2.09. The topological polar surface area (TPSA) is 110 Å². The number of nitrogens with one attached hydrogen (secondary N) is 2. The summed E-state index contributed by atoms with van der Waals surface area (Å²) in [6.45, 7) is 3.44. The number of carbonyl (C=O) groups is 1. The molecule has 0 aliphatic rings. The van der Waals surface area contributed by atoms with Gasteiger partial charge < -0.3 is 10.1 Å². The number of hydrogen-bond donors (Lipinski definition) is 2. The molecular weight excluding hydrogens is 416 g/mol. The summed E-state index contributed by atoms with van der Waals surface area (Å²) in [6.07, 6.45) is 3.02. The van der Waals surface area contributed by atoms with Crippen molar-refractivity contribution in [3.8, 4) is 5.75 Å². The van der Waals surface area contributed by atoms with Gasteiger partial charge in [0.25, 0.3) is 10.0 Å². The first-order valence-corrected chi connectivity index (χ1v) is 10.8. The third-order valence-corrected chi connectivity index (χ3v) is 5.56. The van der Waals surface area contributed by atoms with Gasteiger partial charge in [-0.1, -0.05) is 18.2 Å². The van der Waals surface area contributed by atoms with Crippen molar-refractivity contribution in [1.82, 2.24) is 9.97 Å². The van der Waals surface area contributed by atoms with Crippen LogP contribution in [0.5, 0.6) is 5.75 Å². The van der Waals surface area contributed by atoms with Crippen LogP contribution < -0.4 is 14.8 Å². The molecule has 9 heteroatoms. The van der Waals surface area contributed by atoms with Crippen LogP contribution in [0.3, 0.4) is 0 Å². The summed E-state index contributed by atoms with van der Waals surface area (Å²) in [5.41, 5.74) is 1.88. The van der Waals surface area contributed by atoms with E-state index in [0.717, 1.165) is 5.56 Å². The second kappa shape index (κ2) is 9.40. The van der Waals surface area contributed by atoms with Crippen LogP contribution in [0.25, 0.3) is 6.08 Å². The summed E-state index contributed by atoms with van der Waals surface area (Å²) in [5.74, 6) is 0.968. The monoisotopic (exact) mass is 438 g/mol. The number of amides is 1. The van der Waals surface area contributed by atoms with Crippen molar-refractivity contribution >= 4 is 33.5 Å². The van der Waals surface area contributed by atoms with Gasteiger partial charge in [-0.2, -0.15) is 0 Å². The van der Waals surface area contributed by atoms with Crippen LogP contribution in [0.1, 0.15) is 17.1 Å². The van der Waals surface area contributed by atoms with E-state index in [1.165, 1.54) is 30.3 Å². The standard InChI is InChI=1S/C22H22N4O4S/c1-15-14-21(24-16(2)23-15)26-31(28,29)19-11-9-18(10-12-19)25-22(27)13-8-17-6-4-5-7-20(17)30-3/h4-14H,1-3H3,(H,25,27)(H,23,24,26). The van der Waals surface area contributed by atoms with Crippen LogP contribution in [0.2, 0.25) is 0 Å². The molecule has 0 atom stereocenters. The zero-order valence-corrected chi connectivity index (χ0v) is 18.1. The minimum Gasteiger partial charge on any atom is -0.496 e. The van der Waals surface area contributed by atoms with Crippen molar-refractivity contribution in [1.29, 1.82) is 0 Å². The fourth-order valence-electron chi connectivity index (χ4n) is 2.84. The summed E-state index contributed by atoms with van der Waals surface area (Å²) in [6, 6.07) is 14.7. The maximum Gasteiger partial charge on any atom is 0.263 e. The number of anilines is 2. The molecule has 8 nitrogen and oxygen atoms in total. The minimum atomic E-state index is -3.83. The molecule has 0 fully saturated rings. The van der Waals surface area contributed by atoms with Gasteiger partial charge in [-0.15, -0.1) is 0 Å². The van der Waals surface area contributed by atoms with Crippen LogP contribution in [-0.2, 0) is 14.8 Å². The van der Waals surface area contributed by atoms with Gasteiger partial charge in [0.1, 0.15) is 17.4 Å². The van der Waals surface area contributed by atoms with E-state index in [-0.39, 0.29) is 16.6 Å². The molecule has 0 aliphatic carbocycles. The summed E-state index contributed by atoms with van der Waals surface area (Å²) in [7, 11) is -2.27. The second-order valence-electron chi connectivity index (χ2n) is 6.64. The van der Waals surface area contributed by atoms with Gasteiger partial charge in [0, 0.05) is 29.1 Å². The van der Waals surface area contributed by atoms with E-state index in [1.54, 1.807) is 39.2 Å². The summed E-state index contributed by atoms with van der Waals surface area (Å²) >= 11 is 0. The quantitative estimate of drug-likeness (QED) is 0.546. The largest absolute Gasteiger partial charge is 0.496 e. The lowest BCUT2D eigenvalue weighted by Crippen LogP contribution is -2.15. The van der Waals surface area contributed by atoms with E-state index in [0.29, 0.717) is 23.0 Å². The Labute approximate surface area is 181 Å². The van der Waals surface area contributed by atoms with Gasteiger partial charge in [0.15, 0.2) is 0 Å². The Morgan fingerprint density at radius 1 is 1.03 bits per heavy atom. The van der Waals surface area contributed by atoms with Crippen molar-refractivity contribution in [2.75, 3.05) is 17.1 Å². The average molecular weight is 439 g/mol. The number of aryl methyl sites for hydroxylation is 2. The predicted octanol–water partition coefficient (Wildman–Crippen LogP) is 3.55. The molecule has 1 heterocycles. The van der Waals surface area contributed by atoms with E-state index >= 15 is 0 Å². The molecule has 0 saturated heterocycles. The Morgan fingerprint density at radius 2 is 1.74 bits per heavy atom. The van der Waals surface area contributed by atoms with Crippen molar-refractivity contribution in [2.45, 2.75) is 18.7 Å². The van der Waals surface area contributed by atoms with Crippen molar-refractivity contribution < 1.29 is 17.9 Å². The van der Waals surface area contributed by atoms with Gasteiger partial charge in [-0.3, -0.25) is 9.52 Å². The molecule has 1 amide bonds. The first-order valence-electron chi connectivity index (χ1n) is 9.34. The highest BCUT2D eigenvalue weighted by molar-refractivity contribution is 7.92. The van der Waals surface area contributed by atoms with Crippen LogP contribution >= 0.6 is 0 Å². The zero-order valence-electron chi connectivity index (χ0n) is 17.3. The number of ether oxygens (including phenoxy) is 1. The normalized spacial score (nSPS) is 11.3. The number of rotatable bonds is 7. The van der Waals surface area contributed by atoms with Gasteiger partial charge in [-0.05, 0) is 50.3 Å². The lowest BCUT2D eigenvalue weighted by molar-refractivity contribution is -0.111. The number of aromatic nitrogens is 2. The third kappa shape index (κ3) is 5.89. The smallest absolute Gasteiger partial charge is 0.263 e. The highest BCUT2D eigenvalue weighted by atomic mass is 32.2. The Kier molecular flexibility index (Phi) is 6.66. The second-order valence-corrected chi connectivity index (χ2v) is 8.32. The van der Waals surface area contributed by atoms with E-state index in [9.17, 15) is 13.2 Å². The average Bonchev–Trinajstić information content (AvgIpc) is 2.71. The maximum absolute atomic E-state index is 12.6. The molecule has 3 aromatic rings. The molecule has 2 aromatic carbocycles. The van der Waals surface area contributed by atoms with Crippen molar-refractivity contribution in [3.63, 3.8) is 0 Å². The summed E-state index contributed by atoms with van der Waals surface area (Å²) < 4.78 is 32.9. The molecule has 3 rings (SSSR count). The number of sulfonamides is 1. The first-order chi connectivity index (χ1) is 14.8. The minimum absolute atomic E-state index is 0.0454. The predicted molar refractivity (Wildman–Crippen MR) is 119 cm³/mol. The Morgan fingerprint density at radius 3 is 2.42 bits per heavy atom. The van der Waals surface area contributed by atoms with Gasteiger partial charge >= 0.3 is 0 Å². The molecule has 0 spiro atoms. The molecule has 0 aliphatic heterocycles. The van der Waals surface area contributed by atoms with Crippen molar-refractivity contribution in [2.24, 2.45) is 0 Å². The molecular formula is C22H22N4O4S. The lowest BCUT2D eigenvalue weighted by atomic mass is 10.2. The SMILES string of the molecule is COc1ccccc1C=CC(=O)Nc1ccc(S(=O)(=O)Nc2cc(C)nc(C)n2)cc1. The number of carbonyl (C=O) groups excluding carboxylic acids is 1. The van der Waals surface area contributed by atoms with E-state index in [1.807, 2.05) is 18.2 Å². The number of hydrogen-bond acceptors (Lipinski definition) is 6. The van der Waals surface area contributed by atoms with E-state index < -0.39 is 10.0 Å². The highest BCUT2D eigenvalue weighted by Gasteiger charge is 2.15. The fourth-order valence-corrected chi connectivity index (χ4v) is 3.83. The molecule has 31 heavy (non-hydrogen) atoms. The van der Waals surface area contributed by atoms with Crippen molar-refractivity contribution in [3.05, 3.63) is 77.8 Å². The number of para-hydroxylation sites is 1. The molecule has 0 saturated carbocycles. The van der Waals surface area contributed by atoms with E-state index in [4.69, 9.17) is 4.74 Å². The van der Waals surface area contributed by atoms with E-state index in [2.05, 4.69) is 20.0 Å². The van der Waals surface area contributed by atoms with Gasteiger partial charge in [-0.25, -0.2) is 18.4 Å². The van der Waals surface area contributed by atoms with Crippen LogP contribution in [0, 0.1) is 13.8 Å². The zero-order chi connectivity index (χ0) is 22.4. The van der Waals surface area contributed by atoms with Crippen LogP contribution in [-0.4, -0.2) is 31.4 Å². The molecule has 1 aromatic heterocycles. The summed E-state index contributed by atoms with van der Waals surface area (Å²) in [4.78, 5) is 20.4. The van der Waals surface area contributed by atoms with Gasteiger partial charge in [0.2, 0.25) is 5.91 Å². The third-order valence-electron chi connectivity index (χ3n) is 4.19. The Bertz CT molecular complexity index is 1200. The Balaban J connectivity index is 1.68. The number of benzene rings is 2. The molecule has 0 radical (unpaired) electrons. The number of methoxy groups -OCH3 is 1. The molecule has 2 N–H and O–H groups in total. The molecule has 160 valence electrons. The molecule has 0 unspecified atom stereocenters. The summed E-state index contributed by atoms with van der Waals surface area (Å²) in [5, 5.41) is 2.69. The van der Waals surface area contributed by atoms with Crippen LogP contribution in [0.15, 0.2) is 65.6 Å². The maximum atomic E-state index is 12.6. The first kappa shape index (κ1) is 22.0. The highest BCUT2D eigenvalue weighted by Crippen LogP contribution is 2.20. The number of nitrogens with zero attached hydrogens (tertiary/aromatic N) is 2. The molecule has 0 bridgehead atoms.